The van der Waals surface area contributed by atoms with E-state index in [1.807, 2.05) is 0 Å². The van der Waals surface area contributed by atoms with Gasteiger partial charge >= 0.3 is 0 Å². The Morgan fingerprint density at radius 2 is 1.52 bits per heavy atom. The smallest absolute Gasteiger partial charge is 0.241 e. The number of carbonyl (C=O) groups is 1. The molecule has 0 radical (unpaired) electrons. The fourth-order valence-electron chi connectivity index (χ4n) is 2.11. The molecule has 0 spiro atoms. The molecule has 0 unspecified atom stereocenters. The third kappa shape index (κ3) is 6.01. The molecule has 0 aliphatic carbocycles. The molecule has 0 aromatic heterocycles. The summed E-state index contributed by atoms with van der Waals surface area (Å²) >= 11 is 5.73. The first-order valence-electron chi connectivity index (χ1n) is 7.66. The predicted molar refractivity (Wildman–Crippen MR) is 101 cm³/mol. The number of benzene rings is 2. The highest BCUT2D eigenvalue weighted by Gasteiger charge is 2.21. The van der Waals surface area contributed by atoms with Crippen molar-refractivity contribution in [3.8, 4) is 0 Å². The standard InChI is InChI=1S/C16H18ClN3O5S2/c1-11(20-27(24,25)15-8-4-13(17)5-9-15)16(21)19-10-12-2-6-14(7-3-12)26(18,22)23/h2-9,11,20H,10H2,1H3,(H,19,21)(H2,18,22,23)/t11-/m1/s1. The van der Waals surface area contributed by atoms with Gasteiger partial charge in [0, 0.05) is 11.6 Å². The van der Waals surface area contributed by atoms with E-state index in [4.69, 9.17) is 16.7 Å². The molecule has 0 saturated carbocycles. The van der Waals surface area contributed by atoms with Gasteiger partial charge in [-0.2, -0.15) is 4.72 Å². The van der Waals surface area contributed by atoms with Crippen LogP contribution in [-0.4, -0.2) is 28.8 Å². The number of rotatable bonds is 7. The summed E-state index contributed by atoms with van der Waals surface area (Å²) in [6.45, 7) is 1.50. The average Bonchev–Trinajstić information content (AvgIpc) is 2.59. The van der Waals surface area contributed by atoms with Crippen molar-refractivity contribution in [3.63, 3.8) is 0 Å². The first-order chi connectivity index (χ1) is 12.5. The SMILES string of the molecule is C[C@@H](NS(=O)(=O)c1ccc(Cl)cc1)C(=O)NCc1ccc(S(N)(=O)=O)cc1. The molecule has 0 aliphatic heterocycles. The Labute approximate surface area is 162 Å². The number of primary sulfonamides is 1. The lowest BCUT2D eigenvalue weighted by atomic mass is 10.2. The molecule has 1 atom stereocenters. The highest BCUT2D eigenvalue weighted by Crippen LogP contribution is 2.14. The monoisotopic (exact) mass is 431 g/mol. The predicted octanol–water partition coefficient (Wildman–Crippen LogP) is 0.971. The Kier molecular flexibility index (Phi) is 6.60. The molecule has 4 N–H and O–H groups in total. The van der Waals surface area contributed by atoms with Gasteiger partial charge in [0.05, 0.1) is 15.8 Å². The molecule has 2 aromatic rings. The summed E-state index contributed by atoms with van der Waals surface area (Å²) in [6.07, 6.45) is 0. The van der Waals surface area contributed by atoms with Gasteiger partial charge in [-0.3, -0.25) is 4.79 Å². The van der Waals surface area contributed by atoms with E-state index in [-0.39, 0.29) is 16.3 Å². The minimum atomic E-state index is -3.88. The van der Waals surface area contributed by atoms with Crippen molar-refractivity contribution in [3.05, 3.63) is 59.1 Å². The molecule has 0 fully saturated rings. The van der Waals surface area contributed by atoms with Gasteiger partial charge in [0.25, 0.3) is 0 Å². The summed E-state index contributed by atoms with van der Waals surface area (Å²) in [5, 5.41) is 7.98. The summed E-state index contributed by atoms with van der Waals surface area (Å²) in [4.78, 5) is 12.1. The van der Waals surface area contributed by atoms with E-state index >= 15 is 0 Å². The molecule has 27 heavy (non-hydrogen) atoms. The summed E-state index contributed by atoms with van der Waals surface area (Å²) in [5.74, 6) is -0.539. The second-order valence-corrected chi connectivity index (χ2v) is 9.42. The number of halogens is 1. The van der Waals surface area contributed by atoms with Crippen molar-refractivity contribution >= 4 is 37.6 Å². The van der Waals surface area contributed by atoms with E-state index in [0.29, 0.717) is 10.6 Å². The molecule has 1 amide bonds. The Morgan fingerprint density at radius 3 is 2.04 bits per heavy atom. The van der Waals surface area contributed by atoms with Crippen LogP contribution in [0.25, 0.3) is 0 Å². The van der Waals surface area contributed by atoms with E-state index in [2.05, 4.69) is 10.0 Å². The first-order valence-corrected chi connectivity index (χ1v) is 11.1. The van der Waals surface area contributed by atoms with Crippen LogP contribution in [0.4, 0.5) is 0 Å². The zero-order chi connectivity index (χ0) is 20.2. The van der Waals surface area contributed by atoms with Crippen LogP contribution in [0.3, 0.4) is 0 Å². The molecule has 0 bridgehead atoms. The van der Waals surface area contributed by atoms with Crippen LogP contribution in [0, 0.1) is 0 Å². The second kappa shape index (κ2) is 8.36. The number of hydrogen-bond acceptors (Lipinski definition) is 5. The number of amides is 1. The van der Waals surface area contributed by atoms with Crippen molar-refractivity contribution in [1.29, 1.82) is 0 Å². The van der Waals surface area contributed by atoms with Crippen molar-refractivity contribution in [2.24, 2.45) is 5.14 Å². The number of carbonyl (C=O) groups excluding carboxylic acids is 1. The molecular weight excluding hydrogens is 414 g/mol. The van der Waals surface area contributed by atoms with Gasteiger partial charge in [-0.1, -0.05) is 23.7 Å². The summed E-state index contributed by atoms with van der Waals surface area (Å²) < 4.78 is 49.2. The van der Waals surface area contributed by atoms with Crippen LogP contribution in [0.15, 0.2) is 58.3 Å². The first kappa shape index (κ1) is 21.3. The lowest BCUT2D eigenvalue weighted by Crippen LogP contribution is -2.44. The minimum Gasteiger partial charge on any atom is -0.351 e. The van der Waals surface area contributed by atoms with E-state index in [9.17, 15) is 21.6 Å². The van der Waals surface area contributed by atoms with Crippen LogP contribution in [0.1, 0.15) is 12.5 Å². The lowest BCUT2D eigenvalue weighted by Gasteiger charge is -2.14. The molecule has 2 rings (SSSR count). The number of sulfonamides is 2. The van der Waals surface area contributed by atoms with Gasteiger partial charge in [0.2, 0.25) is 26.0 Å². The quantitative estimate of drug-likeness (QED) is 0.600. The van der Waals surface area contributed by atoms with Gasteiger partial charge in [-0.15, -0.1) is 0 Å². The molecule has 146 valence electrons. The van der Waals surface area contributed by atoms with Crippen molar-refractivity contribution in [1.82, 2.24) is 10.0 Å². The number of nitrogens with one attached hydrogen (secondary N) is 2. The highest BCUT2D eigenvalue weighted by molar-refractivity contribution is 7.89. The van der Waals surface area contributed by atoms with Crippen molar-refractivity contribution in [2.75, 3.05) is 0 Å². The average molecular weight is 432 g/mol. The largest absolute Gasteiger partial charge is 0.351 e. The van der Waals surface area contributed by atoms with E-state index in [1.165, 1.54) is 55.5 Å². The Hall–Kier alpha value is -1.98. The molecule has 0 heterocycles. The molecule has 0 aliphatic rings. The van der Waals surface area contributed by atoms with E-state index < -0.39 is 32.0 Å². The maximum absolute atomic E-state index is 12.3. The normalized spacial score (nSPS) is 13.1. The molecule has 0 saturated heterocycles. The zero-order valence-corrected chi connectivity index (χ0v) is 16.6. The highest BCUT2D eigenvalue weighted by atomic mass is 35.5. The summed E-state index contributed by atoms with van der Waals surface area (Å²) in [6, 6.07) is 10.2. The minimum absolute atomic E-state index is 0.00914. The van der Waals surface area contributed by atoms with Gasteiger partial charge in [-0.25, -0.2) is 22.0 Å². The third-order valence-electron chi connectivity index (χ3n) is 3.57. The van der Waals surface area contributed by atoms with Crippen LogP contribution in [0.2, 0.25) is 5.02 Å². The third-order valence-corrected chi connectivity index (χ3v) is 6.31. The van der Waals surface area contributed by atoms with Crippen molar-refractivity contribution in [2.45, 2.75) is 29.3 Å². The van der Waals surface area contributed by atoms with Gasteiger partial charge in [-0.05, 0) is 48.9 Å². The topological polar surface area (TPSA) is 135 Å². The van der Waals surface area contributed by atoms with Crippen molar-refractivity contribution < 1.29 is 21.6 Å². The van der Waals surface area contributed by atoms with Crippen LogP contribution in [-0.2, 0) is 31.4 Å². The van der Waals surface area contributed by atoms with Gasteiger partial charge in [0.15, 0.2) is 0 Å². The summed E-state index contributed by atoms with van der Waals surface area (Å²) in [5.41, 5.74) is 0.628. The van der Waals surface area contributed by atoms with E-state index in [0.717, 1.165) is 0 Å². The van der Waals surface area contributed by atoms with Crippen LogP contribution in [0.5, 0.6) is 0 Å². The molecule has 2 aromatic carbocycles. The Balaban J connectivity index is 1.96. The van der Waals surface area contributed by atoms with Crippen LogP contribution < -0.4 is 15.2 Å². The second-order valence-electron chi connectivity index (χ2n) is 5.70. The van der Waals surface area contributed by atoms with Gasteiger partial charge < -0.3 is 5.32 Å². The summed E-state index contributed by atoms with van der Waals surface area (Å²) in [7, 11) is -7.66. The maximum Gasteiger partial charge on any atom is 0.241 e. The molecule has 8 nitrogen and oxygen atoms in total. The fourth-order valence-corrected chi connectivity index (χ4v) is 3.95. The maximum atomic E-state index is 12.3. The molecular formula is C16H18ClN3O5S2. The van der Waals surface area contributed by atoms with Gasteiger partial charge in [0.1, 0.15) is 0 Å². The Morgan fingerprint density at radius 1 is 1.00 bits per heavy atom. The number of nitrogens with two attached hydrogens (primary N) is 1. The lowest BCUT2D eigenvalue weighted by molar-refractivity contribution is -0.122. The zero-order valence-electron chi connectivity index (χ0n) is 14.2. The van der Waals surface area contributed by atoms with Crippen LogP contribution >= 0.6 is 11.6 Å². The fraction of sp³-hybridized carbons (Fsp3) is 0.188. The Bertz CT molecular complexity index is 1020. The molecule has 11 heteroatoms. The number of hydrogen-bond donors (Lipinski definition) is 3. The van der Waals surface area contributed by atoms with E-state index in [1.54, 1.807) is 0 Å².